The molecule has 2 rings (SSSR count). The highest BCUT2D eigenvalue weighted by Crippen LogP contribution is 2.25. The van der Waals surface area contributed by atoms with Crippen molar-refractivity contribution in [3.63, 3.8) is 0 Å². The lowest BCUT2D eigenvalue weighted by Crippen LogP contribution is -2.54. The zero-order chi connectivity index (χ0) is 12.1. The standard InChI is InChI=1S/C13H19N3O.2ClH/c14-13(6-2-1-3-7-13)12(17)16-10-11-5-4-8-15-9-11;;/h4-5,8-9H,1-3,6-7,10,14H2,(H,16,17);2*1H. The number of nitrogens with two attached hydrogens (primary N) is 1. The van der Waals surface area contributed by atoms with Gasteiger partial charge in [-0.25, -0.2) is 0 Å². The molecule has 4 nitrogen and oxygen atoms in total. The van der Waals surface area contributed by atoms with E-state index in [4.69, 9.17) is 5.73 Å². The van der Waals surface area contributed by atoms with Crippen LogP contribution in [0.3, 0.4) is 0 Å². The number of nitrogens with zero attached hydrogens (tertiary/aromatic N) is 1. The van der Waals surface area contributed by atoms with Crippen LogP contribution in [0.4, 0.5) is 0 Å². The van der Waals surface area contributed by atoms with E-state index in [9.17, 15) is 4.79 Å². The highest BCUT2D eigenvalue weighted by molar-refractivity contribution is 5.86. The third kappa shape index (κ3) is 4.97. The van der Waals surface area contributed by atoms with E-state index in [2.05, 4.69) is 10.3 Å². The molecule has 0 atom stereocenters. The summed E-state index contributed by atoms with van der Waals surface area (Å²) < 4.78 is 0. The second-order valence-corrected chi connectivity index (χ2v) is 4.76. The Labute approximate surface area is 126 Å². The molecule has 1 heterocycles. The molecule has 6 heteroatoms. The molecule has 0 spiro atoms. The smallest absolute Gasteiger partial charge is 0.240 e. The van der Waals surface area contributed by atoms with Gasteiger partial charge in [-0.2, -0.15) is 0 Å². The van der Waals surface area contributed by atoms with Crippen molar-refractivity contribution in [1.82, 2.24) is 10.3 Å². The van der Waals surface area contributed by atoms with E-state index in [1.165, 1.54) is 6.42 Å². The Balaban J connectivity index is 0.00000162. The molecule has 0 saturated heterocycles. The average molecular weight is 306 g/mol. The molecule has 1 fully saturated rings. The summed E-state index contributed by atoms with van der Waals surface area (Å²) in [4.78, 5) is 16.0. The molecule has 0 radical (unpaired) electrons. The lowest BCUT2D eigenvalue weighted by molar-refractivity contribution is -0.127. The molecule has 0 bridgehead atoms. The van der Waals surface area contributed by atoms with Crippen LogP contribution in [0.1, 0.15) is 37.7 Å². The number of nitrogens with one attached hydrogen (secondary N) is 1. The normalized spacial score (nSPS) is 16.7. The number of amides is 1. The summed E-state index contributed by atoms with van der Waals surface area (Å²) in [6.07, 6.45) is 8.36. The molecule has 1 aliphatic rings. The first-order valence-electron chi connectivity index (χ1n) is 6.17. The molecule has 19 heavy (non-hydrogen) atoms. The molecule has 1 aromatic rings. The highest BCUT2D eigenvalue weighted by Gasteiger charge is 2.34. The van der Waals surface area contributed by atoms with E-state index < -0.39 is 5.54 Å². The minimum atomic E-state index is -0.652. The third-order valence-corrected chi connectivity index (χ3v) is 3.37. The Hall–Kier alpha value is -0.840. The summed E-state index contributed by atoms with van der Waals surface area (Å²) in [5, 5.41) is 2.91. The largest absolute Gasteiger partial charge is 0.350 e. The lowest BCUT2D eigenvalue weighted by atomic mass is 9.82. The Bertz CT molecular complexity index is 381. The summed E-state index contributed by atoms with van der Waals surface area (Å²) in [7, 11) is 0. The molecule has 1 aliphatic carbocycles. The molecule has 0 unspecified atom stereocenters. The fourth-order valence-electron chi connectivity index (χ4n) is 2.27. The number of hydrogen-bond donors (Lipinski definition) is 2. The minimum Gasteiger partial charge on any atom is -0.350 e. The van der Waals surface area contributed by atoms with E-state index in [-0.39, 0.29) is 30.7 Å². The van der Waals surface area contributed by atoms with Crippen LogP contribution < -0.4 is 11.1 Å². The number of halogens is 2. The number of aromatic nitrogens is 1. The fraction of sp³-hybridized carbons (Fsp3) is 0.538. The molecule has 3 N–H and O–H groups in total. The van der Waals surface area contributed by atoms with Crippen molar-refractivity contribution in [2.24, 2.45) is 5.73 Å². The first kappa shape index (κ1) is 18.2. The Kier molecular flexibility index (Phi) is 7.99. The van der Waals surface area contributed by atoms with E-state index in [0.717, 1.165) is 31.2 Å². The molecular formula is C13H21Cl2N3O. The van der Waals surface area contributed by atoms with Crippen molar-refractivity contribution >= 4 is 30.7 Å². The summed E-state index contributed by atoms with van der Waals surface area (Å²) in [6.45, 7) is 0.506. The molecule has 0 aromatic carbocycles. The SMILES string of the molecule is Cl.Cl.NC1(C(=O)NCc2cccnc2)CCCCC1. The minimum absolute atomic E-state index is 0. The maximum atomic E-state index is 12.0. The highest BCUT2D eigenvalue weighted by atomic mass is 35.5. The van der Waals surface area contributed by atoms with Crippen molar-refractivity contribution in [2.45, 2.75) is 44.2 Å². The zero-order valence-electron chi connectivity index (χ0n) is 10.8. The van der Waals surface area contributed by atoms with E-state index in [1.54, 1.807) is 12.4 Å². The van der Waals surface area contributed by atoms with Gasteiger partial charge in [0.25, 0.3) is 0 Å². The van der Waals surface area contributed by atoms with Crippen LogP contribution in [0.5, 0.6) is 0 Å². The first-order chi connectivity index (χ1) is 8.21. The maximum absolute atomic E-state index is 12.0. The number of hydrogen-bond acceptors (Lipinski definition) is 3. The molecule has 0 aliphatic heterocycles. The molecular weight excluding hydrogens is 285 g/mol. The second-order valence-electron chi connectivity index (χ2n) is 4.76. The quantitative estimate of drug-likeness (QED) is 0.899. The van der Waals surface area contributed by atoms with Crippen molar-refractivity contribution < 1.29 is 4.79 Å². The van der Waals surface area contributed by atoms with Crippen LogP contribution in [-0.4, -0.2) is 16.4 Å². The predicted molar refractivity (Wildman–Crippen MR) is 80.6 cm³/mol. The Morgan fingerprint density at radius 3 is 2.58 bits per heavy atom. The maximum Gasteiger partial charge on any atom is 0.240 e. The Morgan fingerprint density at radius 1 is 1.32 bits per heavy atom. The van der Waals surface area contributed by atoms with Crippen molar-refractivity contribution in [3.05, 3.63) is 30.1 Å². The molecule has 1 amide bonds. The zero-order valence-corrected chi connectivity index (χ0v) is 12.4. The lowest BCUT2D eigenvalue weighted by Gasteiger charge is -2.31. The number of rotatable bonds is 3. The van der Waals surface area contributed by atoms with Gasteiger partial charge in [0.15, 0.2) is 0 Å². The molecule has 108 valence electrons. The van der Waals surface area contributed by atoms with Gasteiger partial charge >= 0.3 is 0 Å². The van der Waals surface area contributed by atoms with Gasteiger partial charge in [-0.1, -0.05) is 25.3 Å². The van der Waals surface area contributed by atoms with Crippen LogP contribution in [-0.2, 0) is 11.3 Å². The van der Waals surface area contributed by atoms with Crippen molar-refractivity contribution in [3.8, 4) is 0 Å². The molecule has 1 aromatic heterocycles. The van der Waals surface area contributed by atoms with Gasteiger partial charge in [0.2, 0.25) is 5.91 Å². The van der Waals surface area contributed by atoms with Crippen LogP contribution in [0.2, 0.25) is 0 Å². The van der Waals surface area contributed by atoms with Gasteiger partial charge in [0.05, 0.1) is 5.54 Å². The van der Waals surface area contributed by atoms with Crippen LogP contribution in [0.15, 0.2) is 24.5 Å². The van der Waals surface area contributed by atoms with Gasteiger partial charge < -0.3 is 11.1 Å². The molecule has 1 saturated carbocycles. The number of carbonyl (C=O) groups is 1. The van der Waals surface area contributed by atoms with E-state index in [1.807, 2.05) is 12.1 Å². The summed E-state index contributed by atoms with van der Waals surface area (Å²) in [5.41, 5.74) is 6.49. The number of pyridine rings is 1. The van der Waals surface area contributed by atoms with Crippen molar-refractivity contribution in [1.29, 1.82) is 0 Å². The van der Waals surface area contributed by atoms with E-state index >= 15 is 0 Å². The Morgan fingerprint density at radius 2 is 2.00 bits per heavy atom. The summed E-state index contributed by atoms with van der Waals surface area (Å²) in [5.74, 6) is -0.0268. The average Bonchev–Trinajstić information content (AvgIpc) is 2.38. The summed E-state index contributed by atoms with van der Waals surface area (Å²) >= 11 is 0. The second kappa shape index (κ2) is 8.35. The van der Waals surface area contributed by atoms with Gasteiger partial charge in [0.1, 0.15) is 0 Å². The third-order valence-electron chi connectivity index (χ3n) is 3.37. The topological polar surface area (TPSA) is 68.0 Å². The van der Waals surface area contributed by atoms with Crippen LogP contribution in [0.25, 0.3) is 0 Å². The van der Waals surface area contributed by atoms with Gasteiger partial charge in [-0.05, 0) is 24.5 Å². The van der Waals surface area contributed by atoms with Crippen LogP contribution >= 0.6 is 24.8 Å². The van der Waals surface area contributed by atoms with Crippen LogP contribution in [0, 0.1) is 0 Å². The van der Waals surface area contributed by atoms with Crippen molar-refractivity contribution in [2.75, 3.05) is 0 Å². The van der Waals surface area contributed by atoms with Gasteiger partial charge in [0, 0.05) is 18.9 Å². The van der Waals surface area contributed by atoms with Gasteiger partial charge in [-0.15, -0.1) is 24.8 Å². The number of carbonyl (C=O) groups excluding carboxylic acids is 1. The predicted octanol–water partition coefficient (Wildman–Crippen LogP) is 2.20. The van der Waals surface area contributed by atoms with Gasteiger partial charge in [-0.3, -0.25) is 9.78 Å². The summed E-state index contributed by atoms with van der Waals surface area (Å²) in [6, 6.07) is 3.80. The first-order valence-corrected chi connectivity index (χ1v) is 6.17. The van der Waals surface area contributed by atoms with E-state index in [0.29, 0.717) is 6.54 Å². The fourth-order valence-corrected chi connectivity index (χ4v) is 2.27. The monoisotopic (exact) mass is 305 g/mol.